The van der Waals surface area contributed by atoms with Gasteiger partial charge in [-0.1, -0.05) is 297 Å². The zero-order valence-corrected chi connectivity index (χ0v) is 43.6. The third kappa shape index (κ3) is 51.4. The van der Waals surface area contributed by atoms with Crippen LogP contribution >= 0.6 is 0 Å². The summed E-state index contributed by atoms with van der Waals surface area (Å²) in [6, 6.07) is 0. The second kappa shape index (κ2) is 54.0. The van der Waals surface area contributed by atoms with Crippen LogP contribution in [0.3, 0.4) is 0 Å². The summed E-state index contributed by atoms with van der Waals surface area (Å²) in [5, 5.41) is 0. The highest BCUT2D eigenvalue weighted by Gasteiger charge is 2.19. The van der Waals surface area contributed by atoms with Crippen molar-refractivity contribution in [1.82, 2.24) is 0 Å². The van der Waals surface area contributed by atoms with E-state index < -0.39 is 6.10 Å². The van der Waals surface area contributed by atoms with Crippen LogP contribution in [0.25, 0.3) is 0 Å². The van der Waals surface area contributed by atoms with Gasteiger partial charge in [0.2, 0.25) is 0 Å². The van der Waals surface area contributed by atoms with Gasteiger partial charge in [0.15, 0.2) is 6.10 Å². The van der Waals surface area contributed by atoms with E-state index in [1.165, 1.54) is 238 Å². The van der Waals surface area contributed by atoms with Gasteiger partial charge in [-0.2, -0.15) is 0 Å². The molecule has 0 rings (SSSR count). The summed E-state index contributed by atoms with van der Waals surface area (Å²) in [7, 11) is 0. The molecule has 0 saturated heterocycles. The van der Waals surface area contributed by atoms with Crippen LogP contribution in [0.5, 0.6) is 0 Å². The molecule has 0 aromatic heterocycles. The normalized spacial score (nSPS) is 11.9. The van der Waals surface area contributed by atoms with Crippen molar-refractivity contribution >= 4 is 17.9 Å². The molecule has 0 saturated carbocycles. The summed E-state index contributed by atoms with van der Waals surface area (Å²) in [4.78, 5) is 38.1. The lowest BCUT2D eigenvalue weighted by atomic mass is 10.0. The number of carbonyl (C=O) groups is 3. The van der Waals surface area contributed by atoms with Gasteiger partial charge in [-0.3, -0.25) is 14.4 Å². The van der Waals surface area contributed by atoms with Gasteiger partial charge in [-0.25, -0.2) is 0 Å². The summed E-state index contributed by atoms with van der Waals surface area (Å²) in [6.45, 7) is 6.71. The minimum absolute atomic E-state index is 0.0610. The second-order valence-electron chi connectivity index (χ2n) is 19.9. The smallest absolute Gasteiger partial charge is 0.306 e. The molecule has 1 atom stereocenters. The minimum Gasteiger partial charge on any atom is -0.462 e. The third-order valence-electron chi connectivity index (χ3n) is 13.4. The van der Waals surface area contributed by atoms with E-state index in [0.717, 1.165) is 57.8 Å². The molecule has 380 valence electrons. The molecule has 0 aliphatic carbocycles. The lowest BCUT2D eigenvalue weighted by molar-refractivity contribution is -0.167. The molecule has 6 heteroatoms. The zero-order valence-electron chi connectivity index (χ0n) is 43.6. The van der Waals surface area contributed by atoms with Gasteiger partial charge in [0.1, 0.15) is 13.2 Å². The fourth-order valence-corrected chi connectivity index (χ4v) is 8.98. The number of hydrogen-bond donors (Lipinski definition) is 0. The Bertz CT molecular complexity index is 951. The van der Waals surface area contributed by atoms with Crippen molar-refractivity contribution in [2.45, 2.75) is 341 Å². The SMILES string of the molecule is CCCCCCCCCCCCCCCCCCCC(=O)OC[C@H](COC(=O)CCCCCCCCCCCCCC)OC(=O)CCCCCCCCCCCCCCCCCCC. The van der Waals surface area contributed by atoms with Crippen LogP contribution in [0.1, 0.15) is 335 Å². The molecule has 0 aromatic rings. The Morgan fingerprint density at radius 3 is 0.625 bits per heavy atom. The maximum Gasteiger partial charge on any atom is 0.306 e. The highest BCUT2D eigenvalue weighted by atomic mass is 16.6. The molecule has 0 amide bonds. The van der Waals surface area contributed by atoms with Gasteiger partial charge in [0.25, 0.3) is 0 Å². The molecule has 6 nitrogen and oxygen atoms in total. The van der Waals surface area contributed by atoms with E-state index in [9.17, 15) is 14.4 Å². The van der Waals surface area contributed by atoms with E-state index in [-0.39, 0.29) is 31.1 Å². The summed E-state index contributed by atoms with van der Waals surface area (Å²) >= 11 is 0. The number of esters is 3. The standard InChI is InChI=1S/C58H112O6/c1-4-7-10-13-16-19-22-25-27-29-31-33-36-39-42-45-48-51-57(60)63-54-55(53-62-56(59)50-47-44-41-38-35-24-21-18-15-12-9-6-3)64-58(61)52-49-46-43-40-37-34-32-30-28-26-23-20-17-14-11-8-5-2/h55H,4-54H2,1-3H3/t55-/m0/s1. The first-order chi connectivity index (χ1) is 31.5. The van der Waals surface area contributed by atoms with Gasteiger partial charge in [0.05, 0.1) is 0 Å². The molecule has 0 bridgehead atoms. The first-order valence-corrected chi connectivity index (χ1v) is 29.0. The third-order valence-corrected chi connectivity index (χ3v) is 13.4. The Labute approximate surface area is 399 Å². The van der Waals surface area contributed by atoms with Crippen molar-refractivity contribution < 1.29 is 28.6 Å². The number of ether oxygens (including phenoxy) is 3. The lowest BCUT2D eigenvalue weighted by Gasteiger charge is -2.18. The summed E-state index contributed by atoms with van der Waals surface area (Å²) in [5.74, 6) is -0.832. The van der Waals surface area contributed by atoms with Crippen LogP contribution < -0.4 is 0 Å². The van der Waals surface area contributed by atoms with E-state index in [2.05, 4.69) is 20.8 Å². The summed E-state index contributed by atoms with van der Waals surface area (Å²) < 4.78 is 16.9. The molecular weight excluding hydrogens is 793 g/mol. The Hall–Kier alpha value is -1.59. The van der Waals surface area contributed by atoms with E-state index in [4.69, 9.17) is 14.2 Å². The van der Waals surface area contributed by atoms with Crippen molar-refractivity contribution in [3.05, 3.63) is 0 Å². The Balaban J connectivity index is 4.27. The van der Waals surface area contributed by atoms with Gasteiger partial charge >= 0.3 is 17.9 Å². The van der Waals surface area contributed by atoms with Gasteiger partial charge in [-0.05, 0) is 19.3 Å². The van der Waals surface area contributed by atoms with Crippen LogP contribution in [0, 0.1) is 0 Å². The quantitative estimate of drug-likeness (QED) is 0.0344. The average molecular weight is 906 g/mol. The van der Waals surface area contributed by atoms with E-state index in [0.29, 0.717) is 19.3 Å². The molecule has 0 spiro atoms. The Morgan fingerprint density at radius 1 is 0.250 bits per heavy atom. The number of carbonyl (C=O) groups excluding carboxylic acids is 3. The maximum absolute atomic E-state index is 12.8. The zero-order chi connectivity index (χ0) is 46.5. The van der Waals surface area contributed by atoms with Crippen molar-refractivity contribution in [3.8, 4) is 0 Å². The Kier molecular flexibility index (Phi) is 52.7. The number of unbranched alkanes of at least 4 members (excludes halogenated alkanes) is 43. The van der Waals surface area contributed by atoms with Gasteiger partial charge in [0, 0.05) is 19.3 Å². The predicted octanol–water partition coefficient (Wildman–Crippen LogP) is 19.2. The van der Waals surface area contributed by atoms with Crippen molar-refractivity contribution in [1.29, 1.82) is 0 Å². The summed E-state index contributed by atoms with van der Waals surface area (Å²) in [5.41, 5.74) is 0. The van der Waals surface area contributed by atoms with Crippen molar-refractivity contribution in [2.24, 2.45) is 0 Å². The molecular formula is C58H112O6. The maximum atomic E-state index is 12.8. The first-order valence-electron chi connectivity index (χ1n) is 29.0. The molecule has 0 fully saturated rings. The molecule has 0 N–H and O–H groups in total. The van der Waals surface area contributed by atoms with Crippen LogP contribution in [-0.2, 0) is 28.6 Å². The molecule has 64 heavy (non-hydrogen) atoms. The topological polar surface area (TPSA) is 78.9 Å². The fourth-order valence-electron chi connectivity index (χ4n) is 8.98. The fraction of sp³-hybridized carbons (Fsp3) is 0.948. The van der Waals surface area contributed by atoms with Gasteiger partial charge < -0.3 is 14.2 Å². The van der Waals surface area contributed by atoms with Crippen LogP contribution in [0.2, 0.25) is 0 Å². The monoisotopic (exact) mass is 905 g/mol. The average Bonchev–Trinajstić information content (AvgIpc) is 3.29. The highest BCUT2D eigenvalue weighted by Crippen LogP contribution is 2.18. The Morgan fingerprint density at radius 2 is 0.422 bits per heavy atom. The second-order valence-corrected chi connectivity index (χ2v) is 19.9. The molecule has 0 heterocycles. The molecule has 0 aliphatic heterocycles. The number of rotatable bonds is 54. The minimum atomic E-state index is -0.760. The van der Waals surface area contributed by atoms with Crippen LogP contribution in [0.4, 0.5) is 0 Å². The van der Waals surface area contributed by atoms with E-state index in [1.807, 2.05) is 0 Å². The molecule has 0 aliphatic rings. The molecule has 0 unspecified atom stereocenters. The van der Waals surface area contributed by atoms with Crippen LogP contribution in [0.15, 0.2) is 0 Å². The van der Waals surface area contributed by atoms with E-state index >= 15 is 0 Å². The van der Waals surface area contributed by atoms with Gasteiger partial charge in [-0.15, -0.1) is 0 Å². The predicted molar refractivity (Wildman–Crippen MR) is 275 cm³/mol. The molecule has 0 radical (unpaired) electrons. The summed E-state index contributed by atoms with van der Waals surface area (Å²) in [6.07, 6.45) is 59.5. The lowest BCUT2D eigenvalue weighted by Crippen LogP contribution is -2.30. The first kappa shape index (κ1) is 62.4. The van der Waals surface area contributed by atoms with Crippen LogP contribution in [-0.4, -0.2) is 37.2 Å². The highest BCUT2D eigenvalue weighted by molar-refractivity contribution is 5.71. The van der Waals surface area contributed by atoms with E-state index in [1.54, 1.807) is 0 Å². The number of hydrogen-bond acceptors (Lipinski definition) is 6. The van der Waals surface area contributed by atoms with Crippen molar-refractivity contribution in [2.75, 3.05) is 13.2 Å². The molecule has 0 aromatic carbocycles. The largest absolute Gasteiger partial charge is 0.462 e. The van der Waals surface area contributed by atoms with Crippen molar-refractivity contribution in [3.63, 3.8) is 0 Å².